The number of carbonyl (C=O) groups excluding carboxylic acids is 1. The minimum Gasteiger partial charge on any atom is -0.508 e. The van der Waals surface area contributed by atoms with Gasteiger partial charge in [-0.05, 0) is 54.5 Å². The third kappa shape index (κ3) is 3.92. The number of benzene rings is 2. The Bertz CT molecular complexity index is 773. The largest absolute Gasteiger partial charge is 0.508 e. The SMILES string of the molecule is COC1(Cc2ccccc2)CC2CN(CC(=O)c3ccc(O)cc3)C[C@H]2C1. The van der Waals surface area contributed by atoms with Crippen molar-refractivity contribution in [2.45, 2.75) is 24.9 Å². The monoisotopic (exact) mass is 365 g/mol. The lowest BCUT2D eigenvalue weighted by atomic mass is 9.91. The molecule has 2 unspecified atom stereocenters. The van der Waals surface area contributed by atoms with Crippen molar-refractivity contribution in [2.24, 2.45) is 11.8 Å². The first kappa shape index (κ1) is 18.2. The number of likely N-dealkylation sites (tertiary alicyclic amines) is 1. The predicted octanol–water partition coefficient (Wildman–Crippen LogP) is 3.54. The molecule has 4 heteroatoms. The Labute approximate surface area is 160 Å². The topological polar surface area (TPSA) is 49.8 Å². The minimum atomic E-state index is -0.0657. The number of nitrogens with zero attached hydrogens (tertiary/aromatic N) is 1. The Morgan fingerprint density at radius 2 is 1.70 bits per heavy atom. The molecule has 142 valence electrons. The highest BCUT2D eigenvalue weighted by atomic mass is 16.5. The van der Waals surface area contributed by atoms with Crippen molar-refractivity contribution in [3.8, 4) is 5.75 Å². The molecule has 27 heavy (non-hydrogen) atoms. The van der Waals surface area contributed by atoms with E-state index < -0.39 is 0 Å². The number of ether oxygens (including phenoxy) is 1. The van der Waals surface area contributed by atoms with E-state index in [1.165, 1.54) is 5.56 Å². The van der Waals surface area contributed by atoms with Crippen LogP contribution in [0.1, 0.15) is 28.8 Å². The number of Topliss-reactive ketones (excluding diaryl/α,β-unsaturated/α-hetero) is 1. The Balaban J connectivity index is 1.36. The summed E-state index contributed by atoms with van der Waals surface area (Å²) in [5.74, 6) is 1.51. The zero-order chi connectivity index (χ0) is 18.9. The fraction of sp³-hybridized carbons (Fsp3) is 0.435. The number of ketones is 1. The average Bonchev–Trinajstić information content (AvgIpc) is 3.18. The van der Waals surface area contributed by atoms with E-state index in [0.717, 1.165) is 32.4 Å². The van der Waals surface area contributed by atoms with Gasteiger partial charge in [0.1, 0.15) is 5.75 Å². The van der Waals surface area contributed by atoms with Crippen molar-refractivity contribution in [2.75, 3.05) is 26.7 Å². The van der Waals surface area contributed by atoms with Gasteiger partial charge in [-0.25, -0.2) is 0 Å². The van der Waals surface area contributed by atoms with E-state index in [4.69, 9.17) is 4.74 Å². The molecular formula is C23H27NO3. The molecule has 1 N–H and O–H groups in total. The summed E-state index contributed by atoms with van der Waals surface area (Å²) in [5, 5.41) is 9.38. The molecule has 0 aromatic heterocycles. The molecule has 3 atom stereocenters. The Morgan fingerprint density at radius 1 is 1.07 bits per heavy atom. The van der Waals surface area contributed by atoms with Crippen LogP contribution in [0.25, 0.3) is 0 Å². The summed E-state index contributed by atoms with van der Waals surface area (Å²) in [5.41, 5.74) is 1.93. The van der Waals surface area contributed by atoms with Gasteiger partial charge in [0.25, 0.3) is 0 Å². The van der Waals surface area contributed by atoms with Crippen LogP contribution >= 0.6 is 0 Å². The van der Waals surface area contributed by atoms with Crippen LogP contribution in [0.4, 0.5) is 0 Å². The number of phenols is 1. The van der Waals surface area contributed by atoms with Gasteiger partial charge in [-0.3, -0.25) is 9.69 Å². The molecule has 4 rings (SSSR count). The van der Waals surface area contributed by atoms with Crippen molar-refractivity contribution in [1.82, 2.24) is 4.90 Å². The number of rotatable bonds is 6. The van der Waals surface area contributed by atoms with E-state index in [0.29, 0.717) is 23.9 Å². The molecule has 4 nitrogen and oxygen atoms in total. The lowest BCUT2D eigenvalue weighted by Gasteiger charge is -2.30. The van der Waals surface area contributed by atoms with E-state index in [1.54, 1.807) is 24.3 Å². The van der Waals surface area contributed by atoms with E-state index in [2.05, 4.69) is 35.2 Å². The number of aromatic hydroxyl groups is 1. The lowest BCUT2D eigenvalue weighted by Crippen LogP contribution is -2.35. The van der Waals surface area contributed by atoms with Gasteiger partial charge in [0, 0.05) is 32.2 Å². The van der Waals surface area contributed by atoms with Crippen LogP contribution in [0, 0.1) is 11.8 Å². The van der Waals surface area contributed by atoms with Crippen LogP contribution in [0.5, 0.6) is 5.75 Å². The van der Waals surface area contributed by atoms with Crippen LogP contribution in [-0.2, 0) is 11.2 Å². The molecular weight excluding hydrogens is 338 g/mol. The van der Waals surface area contributed by atoms with Crippen molar-refractivity contribution < 1.29 is 14.6 Å². The highest BCUT2D eigenvalue weighted by molar-refractivity contribution is 5.97. The molecule has 2 aliphatic rings. The fourth-order valence-electron chi connectivity index (χ4n) is 4.96. The molecule has 0 amide bonds. The Kier molecular flexibility index (Phi) is 5.02. The van der Waals surface area contributed by atoms with Gasteiger partial charge < -0.3 is 9.84 Å². The third-order valence-electron chi connectivity index (χ3n) is 6.28. The first-order valence-corrected chi connectivity index (χ1v) is 9.70. The molecule has 0 bridgehead atoms. The normalized spacial score (nSPS) is 27.6. The highest BCUT2D eigenvalue weighted by Gasteiger charge is 2.49. The molecule has 1 saturated heterocycles. The number of hydrogen-bond donors (Lipinski definition) is 1. The summed E-state index contributed by atoms with van der Waals surface area (Å²) in [6.07, 6.45) is 3.09. The predicted molar refractivity (Wildman–Crippen MR) is 105 cm³/mol. The molecule has 2 aromatic rings. The van der Waals surface area contributed by atoms with Crippen LogP contribution in [0.2, 0.25) is 0 Å². The number of phenolic OH excluding ortho intramolecular Hbond substituents is 1. The van der Waals surface area contributed by atoms with E-state index in [9.17, 15) is 9.90 Å². The van der Waals surface area contributed by atoms with Gasteiger partial charge >= 0.3 is 0 Å². The van der Waals surface area contributed by atoms with Crippen LogP contribution in [-0.4, -0.2) is 48.1 Å². The summed E-state index contributed by atoms with van der Waals surface area (Å²) in [7, 11) is 1.84. The summed E-state index contributed by atoms with van der Waals surface area (Å²) >= 11 is 0. The third-order valence-corrected chi connectivity index (χ3v) is 6.28. The number of hydrogen-bond acceptors (Lipinski definition) is 4. The number of carbonyl (C=O) groups is 1. The molecule has 1 heterocycles. The summed E-state index contributed by atoms with van der Waals surface area (Å²) in [6, 6.07) is 17.1. The van der Waals surface area contributed by atoms with Crippen molar-refractivity contribution in [3.63, 3.8) is 0 Å². The van der Waals surface area contributed by atoms with Crippen molar-refractivity contribution in [1.29, 1.82) is 0 Å². The molecule has 1 aliphatic carbocycles. The highest BCUT2D eigenvalue weighted by Crippen LogP contribution is 2.47. The minimum absolute atomic E-state index is 0.0657. The molecule has 1 aliphatic heterocycles. The Hall–Kier alpha value is -2.17. The molecule has 2 aromatic carbocycles. The second-order valence-corrected chi connectivity index (χ2v) is 8.14. The second-order valence-electron chi connectivity index (χ2n) is 8.14. The zero-order valence-electron chi connectivity index (χ0n) is 15.8. The van der Waals surface area contributed by atoms with Crippen molar-refractivity contribution in [3.05, 3.63) is 65.7 Å². The smallest absolute Gasteiger partial charge is 0.176 e. The van der Waals surface area contributed by atoms with Gasteiger partial charge in [0.05, 0.1) is 12.1 Å². The fourth-order valence-corrected chi connectivity index (χ4v) is 4.96. The Morgan fingerprint density at radius 3 is 2.30 bits per heavy atom. The summed E-state index contributed by atoms with van der Waals surface area (Å²) in [6.45, 7) is 2.39. The second kappa shape index (κ2) is 7.45. The first-order chi connectivity index (χ1) is 13.1. The molecule has 1 saturated carbocycles. The first-order valence-electron chi connectivity index (χ1n) is 9.70. The van der Waals surface area contributed by atoms with Crippen LogP contribution in [0.3, 0.4) is 0 Å². The lowest BCUT2D eigenvalue weighted by molar-refractivity contribution is -0.0129. The standard InChI is InChI=1S/C23H27NO3/c1-27-23(11-17-5-3-2-4-6-17)12-19-14-24(15-20(19)13-23)16-22(26)18-7-9-21(25)10-8-18/h2-10,19-20,25H,11-16H2,1H3/t19-,20?,23?/m1/s1. The van der Waals surface area contributed by atoms with E-state index in [1.807, 2.05) is 7.11 Å². The van der Waals surface area contributed by atoms with E-state index in [-0.39, 0.29) is 17.1 Å². The quantitative estimate of drug-likeness (QED) is 0.796. The van der Waals surface area contributed by atoms with Gasteiger partial charge in [0.15, 0.2) is 5.78 Å². The van der Waals surface area contributed by atoms with Gasteiger partial charge in [0.2, 0.25) is 0 Å². The maximum Gasteiger partial charge on any atom is 0.176 e. The molecule has 0 spiro atoms. The maximum absolute atomic E-state index is 12.5. The zero-order valence-corrected chi connectivity index (χ0v) is 15.8. The van der Waals surface area contributed by atoms with Gasteiger partial charge in [-0.2, -0.15) is 0 Å². The summed E-state index contributed by atoms with van der Waals surface area (Å²) in [4.78, 5) is 14.8. The van der Waals surface area contributed by atoms with Crippen LogP contribution < -0.4 is 0 Å². The maximum atomic E-state index is 12.5. The number of fused-ring (bicyclic) bond motifs is 1. The average molecular weight is 365 g/mol. The van der Waals surface area contributed by atoms with Crippen molar-refractivity contribution >= 4 is 5.78 Å². The van der Waals surface area contributed by atoms with Crippen LogP contribution in [0.15, 0.2) is 54.6 Å². The van der Waals surface area contributed by atoms with Gasteiger partial charge in [-0.15, -0.1) is 0 Å². The van der Waals surface area contributed by atoms with Gasteiger partial charge in [-0.1, -0.05) is 30.3 Å². The number of methoxy groups -OCH3 is 1. The van der Waals surface area contributed by atoms with E-state index >= 15 is 0 Å². The molecule has 2 fully saturated rings. The molecule has 0 radical (unpaired) electrons. The summed E-state index contributed by atoms with van der Waals surface area (Å²) < 4.78 is 6.03.